The summed E-state index contributed by atoms with van der Waals surface area (Å²) >= 11 is 0. The molecule has 7 heteroatoms. The van der Waals surface area contributed by atoms with Crippen molar-refractivity contribution in [2.45, 2.75) is 58.3 Å². The van der Waals surface area contributed by atoms with Crippen LogP contribution in [0.3, 0.4) is 0 Å². The Morgan fingerprint density at radius 2 is 1.91 bits per heavy atom. The van der Waals surface area contributed by atoms with Gasteiger partial charge >= 0.3 is 0 Å². The lowest BCUT2D eigenvalue weighted by molar-refractivity contribution is -0.142. The van der Waals surface area contributed by atoms with E-state index in [0.717, 1.165) is 48.8 Å². The summed E-state index contributed by atoms with van der Waals surface area (Å²) in [4.78, 5) is 23.6. The van der Waals surface area contributed by atoms with Crippen molar-refractivity contribution in [3.8, 4) is 5.88 Å². The van der Waals surface area contributed by atoms with Crippen molar-refractivity contribution in [1.29, 1.82) is 0 Å². The molecule has 0 spiro atoms. The number of ether oxygens (including phenoxy) is 2. The quantitative estimate of drug-likeness (QED) is 0.613. The van der Waals surface area contributed by atoms with Gasteiger partial charge in [-0.15, -0.1) is 0 Å². The van der Waals surface area contributed by atoms with Crippen LogP contribution >= 0.6 is 0 Å². The van der Waals surface area contributed by atoms with E-state index in [1.807, 2.05) is 11.0 Å². The Morgan fingerprint density at radius 3 is 2.62 bits per heavy atom. The molecule has 7 nitrogen and oxygen atoms in total. The van der Waals surface area contributed by atoms with Crippen molar-refractivity contribution < 1.29 is 14.3 Å². The van der Waals surface area contributed by atoms with Crippen molar-refractivity contribution in [2.75, 3.05) is 19.7 Å². The van der Waals surface area contributed by atoms with Crippen molar-refractivity contribution in [3.05, 3.63) is 53.5 Å². The smallest absolute Gasteiger partial charge is 0.251 e. The van der Waals surface area contributed by atoms with Gasteiger partial charge in [0.15, 0.2) is 0 Å². The highest BCUT2D eigenvalue weighted by Crippen LogP contribution is 2.32. The zero-order valence-corrected chi connectivity index (χ0v) is 18.8. The summed E-state index contributed by atoms with van der Waals surface area (Å²) in [5, 5.41) is 0.985. The van der Waals surface area contributed by atoms with E-state index in [1.165, 1.54) is 11.3 Å². The van der Waals surface area contributed by atoms with E-state index in [2.05, 4.69) is 52.6 Å². The number of benzene rings is 1. The van der Waals surface area contributed by atoms with E-state index in [4.69, 9.17) is 9.47 Å². The number of likely N-dealkylation sites (tertiary alicyclic amines) is 1. The predicted molar refractivity (Wildman–Crippen MR) is 122 cm³/mol. The Hall–Kier alpha value is -2.93. The Kier molecular flexibility index (Phi) is 5.83. The molecule has 0 N–H and O–H groups in total. The Labute approximate surface area is 188 Å². The van der Waals surface area contributed by atoms with Gasteiger partial charge in [-0.05, 0) is 37.8 Å². The standard InChI is InChI=1S/C25H30N4O3/c1-17-18(2)29(15-19-7-4-3-5-8-19)23-22(17)24(27-16-26-23)32-20-10-12-28(13-11-20)25(30)21-9-6-14-31-21/h3-5,7-8,16,20-21H,6,9-15H2,1-2H3/t21-/m1/s1. The normalized spacial score (nSPS) is 19.6. The summed E-state index contributed by atoms with van der Waals surface area (Å²) in [5.74, 6) is 0.779. The minimum Gasteiger partial charge on any atom is -0.474 e. The van der Waals surface area contributed by atoms with Crippen LogP contribution in [0.4, 0.5) is 0 Å². The van der Waals surface area contributed by atoms with Crippen molar-refractivity contribution in [3.63, 3.8) is 0 Å². The zero-order chi connectivity index (χ0) is 22.1. The molecule has 2 aliphatic heterocycles. The van der Waals surface area contributed by atoms with Gasteiger partial charge in [0.2, 0.25) is 5.88 Å². The fraction of sp³-hybridized carbons (Fsp3) is 0.480. The molecule has 0 radical (unpaired) electrons. The van der Waals surface area contributed by atoms with Crippen LogP contribution in [0.1, 0.15) is 42.5 Å². The molecule has 1 aromatic carbocycles. The molecule has 168 valence electrons. The van der Waals surface area contributed by atoms with E-state index in [0.29, 0.717) is 25.6 Å². The number of amides is 1. The van der Waals surface area contributed by atoms with Crippen LogP contribution in [0.15, 0.2) is 36.7 Å². The maximum absolute atomic E-state index is 12.6. The summed E-state index contributed by atoms with van der Waals surface area (Å²) in [6.07, 6.45) is 4.80. The Bertz CT molecular complexity index is 1100. The lowest BCUT2D eigenvalue weighted by Crippen LogP contribution is -2.45. The second-order valence-corrected chi connectivity index (χ2v) is 8.80. The number of nitrogens with zero attached hydrogens (tertiary/aromatic N) is 4. The number of carbonyl (C=O) groups is 1. The van der Waals surface area contributed by atoms with Gasteiger partial charge < -0.3 is 18.9 Å². The molecule has 0 saturated carbocycles. The molecular weight excluding hydrogens is 404 g/mol. The number of aromatic nitrogens is 3. The van der Waals surface area contributed by atoms with E-state index < -0.39 is 0 Å². The topological polar surface area (TPSA) is 69.5 Å². The second kappa shape index (κ2) is 8.90. The Balaban J connectivity index is 1.32. The molecule has 1 atom stereocenters. The number of fused-ring (bicyclic) bond motifs is 1. The third-order valence-corrected chi connectivity index (χ3v) is 6.79. The first kappa shape index (κ1) is 20.9. The number of rotatable bonds is 5. The minimum absolute atomic E-state index is 0.0406. The van der Waals surface area contributed by atoms with Gasteiger partial charge in [0.1, 0.15) is 24.2 Å². The zero-order valence-electron chi connectivity index (χ0n) is 18.8. The maximum Gasteiger partial charge on any atom is 0.251 e. The van der Waals surface area contributed by atoms with Crippen LogP contribution in [0.2, 0.25) is 0 Å². The lowest BCUT2D eigenvalue weighted by atomic mass is 10.1. The second-order valence-electron chi connectivity index (χ2n) is 8.80. The average molecular weight is 435 g/mol. The molecule has 4 heterocycles. The van der Waals surface area contributed by atoms with Crippen molar-refractivity contribution in [2.24, 2.45) is 0 Å². The molecule has 5 rings (SSSR count). The van der Waals surface area contributed by atoms with Crippen LogP contribution in [0.25, 0.3) is 11.0 Å². The molecule has 3 aromatic rings. The fourth-order valence-electron chi connectivity index (χ4n) is 4.81. The van der Waals surface area contributed by atoms with Gasteiger partial charge in [-0.25, -0.2) is 9.97 Å². The first-order valence-electron chi connectivity index (χ1n) is 11.5. The van der Waals surface area contributed by atoms with Crippen LogP contribution < -0.4 is 4.74 Å². The van der Waals surface area contributed by atoms with Crippen molar-refractivity contribution >= 4 is 16.9 Å². The summed E-state index contributed by atoms with van der Waals surface area (Å²) in [7, 11) is 0. The fourth-order valence-corrected chi connectivity index (χ4v) is 4.81. The van der Waals surface area contributed by atoms with Crippen molar-refractivity contribution in [1.82, 2.24) is 19.4 Å². The highest BCUT2D eigenvalue weighted by atomic mass is 16.5. The molecule has 2 fully saturated rings. The van der Waals surface area contributed by atoms with Crippen LogP contribution in [0.5, 0.6) is 5.88 Å². The number of hydrogen-bond acceptors (Lipinski definition) is 5. The molecular formula is C25H30N4O3. The summed E-state index contributed by atoms with van der Waals surface area (Å²) in [5.41, 5.74) is 4.46. The van der Waals surface area contributed by atoms with Crippen LogP contribution in [0, 0.1) is 13.8 Å². The summed E-state index contributed by atoms with van der Waals surface area (Å²) in [6, 6.07) is 10.4. The third-order valence-electron chi connectivity index (χ3n) is 6.79. The van der Waals surface area contributed by atoms with Crippen LogP contribution in [-0.4, -0.2) is 57.2 Å². The number of carbonyl (C=O) groups excluding carboxylic acids is 1. The predicted octanol–water partition coefficient (Wildman–Crippen LogP) is 3.65. The molecule has 2 saturated heterocycles. The van der Waals surface area contributed by atoms with Gasteiger partial charge in [0.25, 0.3) is 5.91 Å². The van der Waals surface area contributed by atoms with Gasteiger partial charge in [-0.1, -0.05) is 30.3 Å². The number of piperidine rings is 1. The third kappa shape index (κ3) is 3.97. The monoisotopic (exact) mass is 434 g/mol. The Morgan fingerprint density at radius 1 is 1.12 bits per heavy atom. The first-order valence-corrected chi connectivity index (χ1v) is 11.5. The average Bonchev–Trinajstić information content (AvgIpc) is 3.44. The van der Waals surface area contributed by atoms with E-state index in [1.54, 1.807) is 6.33 Å². The largest absolute Gasteiger partial charge is 0.474 e. The highest BCUT2D eigenvalue weighted by molar-refractivity contribution is 5.86. The van der Waals surface area contributed by atoms with E-state index in [9.17, 15) is 4.79 Å². The molecule has 0 bridgehead atoms. The minimum atomic E-state index is -0.246. The molecule has 2 aromatic heterocycles. The van der Waals surface area contributed by atoms with Crippen LogP contribution in [-0.2, 0) is 16.1 Å². The van der Waals surface area contributed by atoms with Gasteiger partial charge in [0, 0.05) is 44.8 Å². The van der Waals surface area contributed by atoms with Gasteiger partial charge in [0.05, 0.1) is 5.39 Å². The first-order chi connectivity index (χ1) is 15.6. The van der Waals surface area contributed by atoms with E-state index in [-0.39, 0.29) is 18.1 Å². The molecule has 32 heavy (non-hydrogen) atoms. The lowest BCUT2D eigenvalue weighted by Gasteiger charge is -2.33. The molecule has 2 aliphatic rings. The summed E-state index contributed by atoms with van der Waals surface area (Å²) < 4.78 is 14.2. The van der Waals surface area contributed by atoms with Gasteiger partial charge in [-0.2, -0.15) is 0 Å². The van der Waals surface area contributed by atoms with Gasteiger partial charge in [-0.3, -0.25) is 4.79 Å². The molecule has 0 unspecified atom stereocenters. The van der Waals surface area contributed by atoms with E-state index >= 15 is 0 Å². The highest BCUT2D eigenvalue weighted by Gasteiger charge is 2.32. The molecule has 0 aliphatic carbocycles. The number of aryl methyl sites for hydroxylation is 1. The SMILES string of the molecule is Cc1c(C)n(Cc2ccccc2)c2ncnc(OC3CCN(C(=O)[C@H]4CCCO4)CC3)c12. The number of hydrogen-bond donors (Lipinski definition) is 0. The molecule has 1 amide bonds. The summed E-state index contributed by atoms with van der Waals surface area (Å²) in [6.45, 7) is 7.09. The maximum atomic E-state index is 12.6.